The quantitative estimate of drug-likeness (QED) is 0.683. The van der Waals surface area contributed by atoms with Crippen LogP contribution in [-0.2, 0) is 0 Å². The first-order valence-corrected chi connectivity index (χ1v) is 5.29. The minimum Gasteiger partial charge on any atom is -0.380 e. The first-order chi connectivity index (χ1) is 7.49. The zero-order chi connectivity index (χ0) is 11.9. The van der Waals surface area contributed by atoms with Crippen LogP contribution in [0.5, 0.6) is 0 Å². The Kier molecular flexibility index (Phi) is 2.55. The van der Waals surface area contributed by atoms with Crippen molar-refractivity contribution in [1.29, 1.82) is 0 Å². The second kappa shape index (κ2) is 3.75. The number of nitrogens with one attached hydrogen (secondary N) is 1. The molecule has 5 nitrogen and oxygen atoms in total. The fraction of sp³-hybridized carbons (Fsp3) is 0.455. The lowest BCUT2D eigenvalue weighted by atomic mass is 10.1. The molecule has 1 heterocycles. The van der Waals surface area contributed by atoms with Gasteiger partial charge in [0.1, 0.15) is 0 Å². The van der Waals surface area contributed by atoms with E-state index in [0.717, 1.165) is 17.8 Å². The molecule has 1 aromatic heterocycles. The van der Waals surface area contributed by atoms with Crippen molar-refractivity contribution in [3.63, 3.8) is 0 Å². The Morgan fingerprint density at radius 3 is 2.69 bits per heavy atom. The van der Waals surface area contributed by atoms with Gasteiger partial charge in [-0.2, -0.15) is 0 Å². The van der Waals surface area contributed by atoms with Crippen molar-refractivity contribution in [3.05, 3.63) is 23.0 Å². The summed E-state index contributed by atoms with van der Waals surface area (Å²) in [6.45, 7) is 3.67. The lowest BCUT2D eigenvalue weighted by Gasteiger charge is -2.12. The number of pyridine rings is 1. The number of rotatable bonds is 3. The Balaban J connectivity index is 2.36. The van der Waals surface area contributed by atoms with Gasteiger partial charge in [0.25, 0.3) is 5.91 Å². The van der Waals surface area contributed by atoms with E-state index in [0.29, 0.717) is 11.3 Å². The number of anilines is 1. The maximum absolute atomic E-state index is 11.3. The molecule has 1 aliphatic rings. The average molecular weight is 220 g/mol. The first kappa shape index (κ1) is 10.9. The molecule has 16 heavy (non-hydrogen) atoms. The summed E-state index contributed by atoms with van der Waals surface area (Å²) in [5, 5.41) is 3.23. The van der Waals surface area contributed by atoms with Gasteiger partial charge in [0.2, 0.25) is 0 Å². The molecule has 0 spiro atoms. The van der Waals surface area contributed by atoms with Crippen LogP contribution in [0, 0.1) is 13.8 Å². The fourth-order valence-corrected chi connectivity index (χ4v) is 1.83. The number of nitrogens with zero attached hydrogens (tertiary/aromatic N) is 1. The second-order valence-electron chi connectivity index (χ2n) is 4.29. The second-order valence-corrected chi connectivity index (χ2v) is 4.29. The average Bonchev–Trinajstić information content (AvgIpc) is 2.78. The third-order valence-electron chi connectivity index (χ3n) is 2.76. The summed E-state index contributed by atoms with van der Waals surface area (Å²) in [6, 6.07) is 2.26. The highest BCUT2D eigenvalue weighted by molar-refractivity contribution is 5.99. The minimum absolute atomic E-state index is 0.175. The summed E-state index contributed by atoms with van der Waals surface area (Å²) in [7, 11) is 0. The summed E-state index contributed by atoms with van der Waals surface area (Å²) in [4.78, 5) is 15.6. The predicted molar refractivity (Wildman–Crippen MR) is 62.2 cm³/mol. The monoisotopic (exact) mass is 220 g/mol. The number of aryl methyl sites for hydroxylation is 2. The molecule has 2 rings (SSSR count). The molecule has 86 valence electrons. The summed E-state index contributed by atoms with van der Waals surface area (Å²) in [6.07, 6.45) is 0.929. The summed E-state index contributed by atoms with van der Waals surface area (Å²) in [5.74, 6) is -0.457. The topological polar surface area (TPSA) is 94.0 Å². The molecular formula is C11H16N4O. The minimum atomic E-state index is -0.457. The van der Waals surface area contributed by atoms with Crippen LogP contribution in [0.2, 0.25) is 0 Å². The maximum Gasteiger partial charge on any atom is 0.252 e. The number of amides is 1. The van der Waals surface area contributed by atoms with Crippen molar-refractivity contribution in [2.24, 2.45) is 11.5 Å². The van der Waals surface area contributed by atoms with Gasteiger partial charge in [-0.1, -0.05) is 0 Å². The lowest BCUT2D eigenvalue weighted by molar-refractivity contribution is 0.1000. The Bertz CT molecular complexity index is 444. The van der Waals surface area contributed by atoms with Crippen molar-refractivity contribution < 1.29 is 4.79 Å². The molecule has 0 aliphatic heterocycles. The Morgan fingerprint density at radius 2 is 2.19 bits per heavy atom. The van der Waals surface area contributed by atoms with Crippen LogP contribution < -0.4 is 16.8 Å². The SMILES string of the molecule is Cc1cc(NC2CC2N)c(C(N)=O)c(C)n1. The van der Waals surface area contributed by atoms with Crippen molar-refractivity contribution in [2.45, 2.75) is 32.4 Å². The molecule has 1 fully saturated rings. The van der Waals surface area contributed by atoms with Gasteiger partial charge in [-0.25, -0.2) is 0 Å². The van der Waals surface area contributed by atoms with Crippen LogP contribution in [0.4, 0.5) is 5.69 Å². The number of nitrogens with two attached hydrogens (primary N) is 2. The molecule has 5 N–H and O–H groups in total. The molecule has 0 radical (unpaired) electrons. The number of aromatic nitrogens is 1. The van der Waals surface area contributed by atoms with E-state index in [2.05, 4.69) is 10.3 Å². The van der Waals surface area contributed by atoms with E-state index in [9.17, 15) is 4.79 Å². The smallest absolute Gasteiger partial charge is 0.252 e. The molecule has 2 atom stereocenters. The molecule has 0 bridgehead atoms. The highest BCUT2D eigenvalue weighted by atomic mass is 16.1. The molecule has 1 aromatic rings. The predicted octanol–water partition coefficient (Wildman–Crippen LogP) is 0.309. The zero-order valence-corrected chi connectivity index (χ0v) is 9.45. The molecule has 1 aliphatic carbocycles. The summed E-state index contributed by atoms with van der Waals surface area (Å²) in [5.41, 5.74) is 13.8. The van der Waals surface area contributed by atoms with Gasteiger partial charge in [-0.05, 0) is 26.3 Å². The van der Waals surface area contributed by atoms with Gasteiger partial charge < -0.3 is 16.8 Å². The Hall–Kier alpha value is -1.62. The van der Waals surface area contributed by atoms with E-state index in [-0.39, 0.29) is 12.1 Å². The number of carbonyl (C=O) groups is 1. The summed E-state index contributed by atoms with van der Waals surface area (Å²) >= 11 is 0. The number of hydrogen-bond acceptors (Lipinski definition) is 4. The van der Waals surface area contributed by atoms with E-state index in [4.69, 9.17) is 11.5 Å². The van der Waals surface area contributed by atoms with Crippen LogP contribution in [0.25, 0.3) is 0 Å². The van der Waals surface area contributed by atoms with E-state index >= 15 is 0 Å². The van der Waals surface area contributed by atoms with E-state index in [1.54, 1.807) is 6.92 Å². The third kappa shape index (κ3) is 1.99. The zero-order valence-electron chi connectivity index (χ0n) is 9.45. The van der Waals surface area contributed by atoms with Gasteiger partial charge >= 0.3 is 0 Å². The van der Waals surface area contributed by atoms with E-state index < -0.39 is 5.91 Å². The van der Waals surface area contributed by atoms with Crippen molar-refractivity contribution in [3.8, 4) is 0 Å². The fourth-order valence-electron chi connectivity index (χ4n) is 1.83. The molecular weight excluding hydrogens is 204 g/mol. The molecule has 0 saturated heterocycles. The van der Waals surface area contributed by atoms with Gasteiger partial charge in [0, 0.05) is 17.8 Å². The molecule has 1 saturated carbocycles. The summed E-state index contributed by atoms with van der Waals surface area (Å²) < 4.78 is 0. The first-order valence-electron chi connectivity index (χ1n) is 5.29. The van der Waals surface area contributed by atoms with Crippen LogP contribution in [-0.4, -0.2) is 23.0 Å². The molecule has 5 heteroatoms. The van der Waals surface area contributed by atoms with Crippen LogP contribution in [0.1, 0.15) is 28.2 Å². The number of carbonyl (C=O) groups excluding carboxylic acids is 1. The molecule has 1 amide bonds. The van der Waals surface area contributed by atoms with Crippen molar-refractivity contribution in [1.82, 2.24) is 4.98 Å². The normalized spacial score (nSPS) is 22.9. The van der Waals surface area contributed by atoms with Crippen LogP contribution in [0.15, 0.2) is 6.07 Å². The Morgan fingerprint density at radius 1 is 1.56 bits per heavy atom. The maximum atomic E-state index is 11.3. The number of primary amides is 1. The van der Waals surface area contributed by atoms with Gasteiger partial charge in [0.05, 0.1) is 16.9 Å². The number of hydrogen-bond donors (Lipinski definition) is 3. The van der Waals surface area contributed by atoms with Gasteiger partial charge in [-0.3, -0.25) is 9.78 Å². The van der Waals surface area contributed by atoms with Crippen molar-refractivity contribution >= 4 is 11.6 Å². The Labute approximate surface area is 94.2 Å². The van der Waals surface area contributed by atoms with Crippen LogP contribution in [0.3, 0.4) is 0 Å². The molecule has 0 aromatic carbocycles. The largest absolute Gasteiger partial charge is 0.380 e. The highest BCUT2D eigenvalue weighted by Crippen LogP contribution is 2.27. The standard InChI is InChI=1S/C11H16N4O/c1-5-3-9(15-8-4-7(8)12)10(11(13)16)6(2)14-5/h3,7-8H,4,12H2,1-2H3,(H2,13,16)(H,14,15). The van der Waals surface area contributed by atoms with Gasteiger partial charge in [0.15, 0.2) is 0 Å². The molecule has 2 unspecified atom stereocenters. The third-order valence-corrected chi connectivity index (χ3v) is 2.76. The van der Waals surface area contributed by atoms with E-state index in [1.807, 2.05) is 13.0 Å². The highest BCUT2D eigenvalue weighted by Gasteiger charge is 2.34. The van der Waals surface area contributed by atoms with Gasteiger partial charge in [-0.15, -0.1) is 0 Å². The lowest BCUT2D eigenvalue weighted by Crippen LogP contribution is -2.20. The van der Waals surface area contributed by atoms with Crippen LogP contribution >= 0.6 is 0 Å². The van der Waals surface area contributed by atoms with E-state index in [1.165, 1.54) is 0 Å². The van der Waals surface area contributed by atoms with Crippen molar-refractivity contribution in [2.75, 3.05) is 5.32 Å².